The molecule has 0 bridgehead atoms. The monoisotopic (exact) mass is 194 g/mol. The standard InChI is InChI=1S/C10H14N2O2/c1-3-14-10(13)9-7(2)6-11-12(9)8-4-5-8/h6,8H,3-5H2,1-2H3. The van der Waals surface area contributed by atoms with Gasteiger partial charge in [-0.15, -0.1) is 0 Å². The van der Waals surface area contributed by atoms with Crippen LogP contribution in [0.25, 0.3) is 0 Å². The van der Waals surface area contributed by atoms with Gasteiger partial charge in [0.05, 0.1) is 18.8 Å². The SMILES string of the molecule is CCOC(=O)c1c(C)cnn1C1CC1. The molecule has 14 heavy (non-hydrogen) atoms. The minimum atomic E-state index is -0.255. The van der Waals surface area contributed by atoms with Gasteiger partial charge in [-0.05, 0) is 26.7 Å². The predicted molar refractivity (Wildman–Crippen MR) is 51.2 cm³/mol. The van der Waals surface area contributed by atoms with Gasteiger partial charge in [0.15, 0.2) is 0 Å². The van der Waals surface area contributed by atoms with Crippen molar-refractivity contribution in [3.8, 4) is 0 Å². The summed E-state index contributed by atoms with van der Waals surface area (Å²) in [5.41, 5.74) is 1.52. The van der Waals surface area contributed by atoms with E-state index in [-0.39, 0.29) is 5.97 Å². The van der Waals surface area contributed by atoms with Gasteiger partial charge in [-0.25, -0.2) is 4.79 Å². The maximum atomic E-state index is 11.6. The first-order valence-corrected chi connectivity index (χ1v) is 4.95. The second-order valence-corrected chi connectivity index (χ2v) is 3.57. The fourth-order valence-electron chi connectivity index (χ4n) is 1.50. The van der Waals surface area contributed by atoms with Gasteiger partial charge in [-0.1, -0.05) is 0 Å². The maximum absolute atomic E-state index is 11.6. The first-order chi connectivity index (χ1) is 6.74. The predicted octanol–water partition coefficient (Wildman–Crippen LogP) is 1.70. The molecule has 1 aromatic heterocycles. The van der Waals surface area contributed by atoms with Crippen LogP contribution in [-0.2, 0) is 4.74 Å². The number of carbonyl (C=O) groups is 1. The zero-order valence-electron chi connectivity index (χ0n) is 8.49. The van der Waals surface area contributed by atoms with Crippen LogP contribution in [-0.4, -0.2) is 22.4 Å². The molecule has 0 atom stereocenters. The lowest BCUT2D eigenvalue weighted by Gasteiger charge is -2.05. The van der Waals surface area contributed by atoms with Crippen LogP contribution in [0.2, 0.25) is 0 Å². The van der Waals surface area contributed by atoms with E-state index in [2.05, 4.69) is 5.10 Å². The molecule has 1 saturated carbocycles. The van der Waals surface area contributed by atoms with Crippen LogP contribution in [0, 0.1) is 6.92 Å². The third-order valence-corrected chi connectivity index (χ3v) is 2.34. The summed E-state index contributed by atoms with van der Waals surface area (Å²) in [7, 11) is 0. The average molecular weight is 194 g/mol. The number of esters is 1. The van der Waals surface area contributed by atoms with Gasteiger partial charge in [-0.3, -0.25) is 4.68 Å². The number of hydrogen-bond donors (Lipinski definition) is 0. The lowest BCUT2D eigenvalue weighted by molar-refractivity contribution is 0.0510. The van der Waals surface area contributed by atoms with E-state index in [1.54, 1.807) is 10.9 Å². The van der Waals surface area contributed by atoms with Crippen molar-refractivity contribution in [2.75, 3.05) is 6.61 Å². The van der Waals surface area contributed by atoms with Crippen molar-refractivity contribution in [2.24, 2.45) is 0 Å². The van der Waals surface area contributed by atoms with Crippen molar-refractivity contribution in [3.05, 3.63) is 17.5 Å². The molecule has 0 saturated heterocycles. The van der Waals surface area contributed by atoms with E-state index in [1.807, 2.05) is 13.8 Å². The summed E-state index contributed by atoms with van der Waals surface area (Å²) in [6.45, 7) is 4.11. The fourth-order valence-corrected chi connectivity index (χ4v) is 1.50. The highest BCUT2D eigenvalue weighted by molar-refractivity contribution is 5.89. The average Bonchev–Trinajstić information content (AvgIpc) is 2.90. The Balaban J connectivity index is 2.29. The summed E-state index contributed by atoms with van der Waals surface area (Å²) in [4.78, 5) is 11.6. The van der Waals surface area contributed by atoms with Gasteiger partial charge in [0, 0.05) is 5.56 Å². The quantitative estimate of drug-likeness (QED) is 0.688. The van der Waals surface area contributed by atoms with Gasteiger partial charge in [-0.2, -0.15) is 5.10 Å². The number of hydrogen-bond acceptors (Lipinski definition) is 3. The lowest BCUT2D eigenvalue weighted by atomic mass is 10.3. The normalized spacial score (nSPS) is 15.6. The largest absolute Gasteiger partial charge is 0.461 e. The molecule has 0 radical (unpaired) electrons. The van der Waals surface area contributed by atoms with Crippen molar-refractivity contribution in [3.63, 3.8) is 0 Å². The van der Waals surface area contributed by atoms with Crippen molar-refractivity contribution in [1.82, 2.24) is 9.78 Å². The summed E-state index contributed by atoms with van der Waals surface area (Å²) >= 11 is 0. The molecule has 0 amide bonds. The molecule has 1 fully saturated rings. The van der Waals surface area contributed by atoms with Crippen LogP contribution in [0.1, 0.15) is 41.9 Å². The maximum Gasteiger partial charge on any atom is 0.356 e. The van der Waals surface area contributed by atoms with Gasteiger partial charge in [0.1, 0.15) is 5.69 Å². The van der Waals surface area contributed by atoms with E-state index in [1.165, 1.54) is 0 Å². The molecule has 0 unspecified atom stereocenters. The molecule has 0 N–H and O–H groups in total. The Kier molecular flexibility index (Phi) is 2.27. The molecule has 76 valence electrons. The molecule has 4 heteroatoms. The molecule has 1 heterocycles. The molecule has 1 aliphatic carbocycles. The Labute approximate surface area is 82.9 Å². The number of ether oxygens (including phenoxy) is 1. The van der Waals surface area contributed by atoms with E-state index >= 15 is 0 Å². The van der Waals surface area contributed by atoms with Gasteiger partial charge >= 0.3 is 5.97 Å². The van der Waals surface area contributed by atoms with E-state index < -0.39 is 0 Å². The van der Waals surface area contributed by atoms with E-state index in [9.17, 15) is 4.79 Å². The zero-order chi connectivity index (χ0) is 10.1. The molecule has 2 rings (SSSR count). The van der Waals surface area contributed by atoms with E-state index in [4.69, 9.17) is 4.74 Å². The number of aryl methyl sites for hydroxylation is 1. The lowest BCUT2D eigenvalue weighted by Crippen LogP contribution is -2.13. The molecule has 0 aromatic carbocycles. The van der Waals surface area contributed by atoms with E-state index in [0.29, 0.717) is 18.3 Å². The highest BCUT2D eigenvalue weighted by Crippen LogP contribution is 2.35. The van der Waals surface area contributed by atoms with Crippen LogP contribution < -0.4 is 0 Å². The molecular formula is C10H14N2O2. The Morgan fingerprint density at radius 2 is 2.43 bits per heavy atom. The molecular weight excluding hydrogens is 180 g/mol. The summed E-state index contributed by atoms with van der Waals surface area (Å²) in [6, 6.07) is 0.420. The second kappa shape index (κ2) is 3.44. The second-order valence-electron chi connectivity index (χ2n) is 3.57. The topological polar surface area (TPSA) is 44.1 Å². The number of carbonyl (C=O) groups excluding carboxylic acids is 1. The molecule has 0 spiro atoms. The molecule has 1 aliphatic rings. The summed E-state index contributed by atoms with van der Waals surface area (Å²) < 4.78 is 6.78. The van der Waals surface area contributed by atoms with Crippen LogP contribution >= 0.6 is 0 Å². The smallest absolute Gasteiger partial charge is 0.356 e. The van der Waals surface area contributed by atoms with Crippen LogP contribution in [0.4, 0.5) is 0 Å². The molecule has 4 nitrogen and oxygen atoms in total. The van der Waals surface area contributed by atoms with Gasteiger partial charge < -0.3 is 4.74 Å². The summed E-state index contributed by atoms with van der Waals surface area (Å²) in [5, 5.41) is 4.20. The first kappa shape index (κ1) is 9.24. The molecule has 0 aliphatic heterocycles. The summed E-state index contributed by atoms with van der Waals surface area (Å²) in [6.07, 6.45) is 3.96. The Morgan fingerprint density at radius 1 is 1.71 bits per heavy atom. The third-order valence-electron chi connectivity index (χ3n) is 2.34. The van der Waals surface area contributed by atoms with Crippen molar-refractivity contribution < 1.29 is 9.53 Å². The number of nitrogens with zero attached hydrogens (tertiary/aromatic N) is 2. The Morgan fingerprint density at radius 3 is 3.00 bits per heavy atom. The fraction of sp³-hybridized carbons (Fsp3) is 0.600. The van der Waals surface area contributed by atoms with Crippen molar-refractivity contribution in [2.45, 2.75) is 32.7 Å². The zero-order valence-corrected chi connectivity index (χ0v) is 8.49. The van der Waals surface area contributed by atoms with Crippen molar-refractivity contribution in [1.29, 1.82) is 0 Å². The molecule has 1 aromatic rings. The first-order valence-electron chi connectivity index (χ1n) is 4.95. The van der Waals surface area contributed by atoms with E-state index in [0.717, 1.165) is 18.4 Å². The highest BCUT2D eigenvalue weighted by atomic mass is 16.5. The van der Waals surface area contributed by atoms with Crippen LogP contribution in [0.5, 0.6) is 0 Å². The van der Waals surface area contributed by atoms with Gasteiger partial charge in [0.2, 0.25) is 0 Å². The van der Waals surface area contributed by atoms with Crippen LogP contribution in [0.15, 0.2) is 6.20 Å². The number of aromatic nitrogens is 2. The Hall–Kier alpha value is -1.32. The summed E-state index contributed by atoms with van der Waals surface area (Å²) in [5.74, 6) is -0.255. The highest BCUT2D eigenvalue weighted by Gasteiger charge is 2.30. The van der Waals surface area contributed by atoms with Gasteiger partial charge in [0.25, 0.3) is 0 Å². The third kappa shape index (κ3) is 1.52. The number of rotatable bonds is 3. The minimum absolute atomic E-state index is 0.255. The van der Waals surface area contributed by atoms with Crippen LogP contribution in [0.3, 0.4) is 0 Å². The Bertz CT molecular complexity index is 353. The van der Waals surface area contributed by atoms with Crippen molar-refractivity contribution >= 4 is 5.97 Å². The minimum Gasteiger partial charge on any atom is -0.461 e.